The Balaban J connectivity index is 1.84. The van der Waals surface area contributed by atoms with E-state index in [-0.39, 0.29) is 11.5 Å². The second-order valence-electron chi connectivity index (χ2n) is 4.52. The van der Waals surface area contributed by atoms with Crippen LogP contribution >= 0.6 is 0 Å². The molecule has 0 unspecified atom stereocenters. The first-order chi connectivity index (χ1) is 10.2. The molecule has 1 aromatic heterocycles. The van der Waals surface area contributed by atoms with Gasteiger partial charge in [0, 0.05) is 5.56 Å². The van der Waals surface area contributed by atoms with Gasteiger partial charge in [-0.2, -0.15) is 9.77 Å². The normalized spacial score (nSPS) is 10.5. The van der Waals surface area contributed by atoms with E-state index < -0.39 is 0 Å². The van der Waals surface area contributed by atoms with Crippen LogP contribution in [0.1, 0.15) is 5.56 Å². The van der Waals surface area contributed by atoms with Crippen molar-refractivity contribution in [1.29, 1.82) is 0 Å². The fourth-order valence-corrected chi connectivity index (χ4v) is 2.00. The van der Waals surface area contributed by atoms with E-state index in [1.54, 1.807) is 12.1 Å². The van der Waals surface area contributed by atoms with Crippen molar-refractivity contribution >= 4 is 0 Å². The Kier molecular flexibility index (Phi) is 3.51. The van der Waals surface area contributed by atoms with Crippen LogP contribution in [0.3, 0.4) is 0 Å². The summed E-state index contributed by atoms with van der Waals surface area (Å²) in [6.07, 6.45) is 0. The largest absolute Gasteiger partial charge is 0.362 e. The standard InChI is InChI=1S/C15H13FN4O/c16-13-8-6-11(7-9-13)10-17-20-14(18-19-15(20)21)12-4-2-1-3-5-12/h1-9,17H,10H2,(H,19,21). The maximum Gasteiger partial charge on any atom is 0.362 e. The molecule has 3 aromatic rings. The van der Waals surface area contributed by atoms with Crippen molar-refractivity contribution in [2.45, 2.75) is 6.54 Å². The van der Waals surface area contributed by atoms with E-state index >= 15 is 0 Å². The molecule has 0 aliphatic rings. The third-order valence-electron chi connectivity index (χ3n) is 3.06. The molecule has 0 saturated heterocycles. The number of halogens is 1. The van der Waals surface area contributed by atoms with E-state index in [0.717, 1.165) is 11.1 Å². The number of H-pyrrole nitrogens is 1. The zero-order chi connectivity index (χ0) is 14.7. The van der Waals surface area contributed by atoms with Gasteiger partial charge in [-0.25, -0.2) is 14.3 Å². The summed E-state index contributed by atoms with van der Waals surface area (Å²) in [6, 6.07) is 15.5. The zero-order valence-electron chi connectivity index (χ0n) is 11.1. The lowest BCUT2D eigenvalue weighted by atomic mass is 10.2. The van der Waals surface area contributed by atoms with E-state index in [0.29, 0.717) is 12.4 Å². The molecule has 0 saturated carbocycles. The molecule has 0 atom stereocenters. The van der Waals surface area contributed by atoms with Crippen molar-refractivity contribution in [3.8, 4) is 11.4 Å². The van der Waals surface area contributed by atoms with Crippen LogP contribution in [0, 0.1) is 5.82 Å². The summed E-state index contributed by atoms with van der Waals surface area (Å²) < 4.78 is 14.2. The molecule has 2 aromatic carbocycles. The summed E-state index contributed by atoms with van der Waals surface area (Å²) in [4.78, 5) is 11.8. The molecular formula is C15H13FN4O. The summed E-state index contributed by atoms with van der Waals surface area (Å²) in [5.41, 5.74) is 4.32. The second-order valence-corrected chi connectivity index (χ2v) is 4.52. The van der Waals surface area contributed by atoms with Gasteiger partial charge >= 0.3 is 5.69 Å². The first-order valence-corrected chi connectivity index (χ1v) is 6.45. The molecule has 2 N–H and O–H groups in total. The summed E-state index contributed by atoms with van der Waals surface area (Å²) >= 11 is 0. The molecule has 0 aliphatic carbocycles. The van der Waals surface area contributed by atoms with Gasteiger partial charge in [0.15, 0.2) is 5.82 Å². The molecule has 106 valence electrons. The molecule has 0 amide bonds. The maximum atomic E-state index is 12.9. The van der Waals surface area contributed by atoms with Crippen molar-refractivity contribution in [3.05, 3.63) is 76.5 Å². The summed E-state index contributed by atoms with van der Waals surface area (Å²) in [5, 5.41) is 6.43. The maximum absolute atomic E-state index is 12.9. The zero-order valence-corrected chi connectivity index (χ0v) is 11.1. The molecule has 0 fully saturated rings. The minimum atomic E-state index is -0.351. The predicted octanol–water partition coefficient (Wildman–Crippen LogP) is 2.12. The number of hydrogen-bond acceptors (Lipinski definition) is 3. The Hall–Kier alpha value is -2.89. The fourth-order valence-electron chi connectivity index (χ4n) is 2.00. The van der Waals surface area contributed by atoms with Gasteiger partial charge in [0.25, 0.3) is 0 Å². The van der Waals surface area contributed by atoms with Crippen molar-refractivity contribution < 1.29 is 4.39 Å². The highest BCUT2D eigenvalue weighted by Crippen LogP contribution is 2.13. The second kappa shape index (κ2) is 5.62. The molecule has 3 rings (SSSR count). The molecule has 0 radical (unpaired) electrons. The Morgan fingerprint density at radius 3 is 2.52 bits per heavy atom. The van der Waals surface area contributed by atoms with Gasteiger partial charge < -0.3 is 5.43 Å². The van der Waals surface area contributed by atoms with Crippen molar-refractivity contribution in [2.75, 3.05) is 5.43 Å². The third-order valence-corrected chi connectivity index (χ3v) is 3.06. The molecule has 0 bridgehead atoms. The van der Waals surface area contributed by atoms with E-state index in [2.05, 4.69) is 15.6 Å². The van der Waals surface area contributed by atoms with Crippen LogP contribution in [-0.4, -0.2) is 14.9 Å². The van der Waals surface area contributed by atoms with E-state index in [1.807, 2.05) is 30.3 Å². The van der Waals surface area contributed by atoms with Gasteiger partial charge in [-0.15, -0.1) is 0 Å². The van der Waals surface area contributed by atoms with E-state index in [9.17, 15) is 9.18 Å². The van der Waals surface area contributed by atoms with Gasteiger partial charge in [-0.1, -0.05) is 42.5 Å². The van der Waals surface area contributed by atoms with Gasteiger partial charge in [0.05, 0.1) is 6.54 Å². The summed E-state index contributed by atoms with van der Waals surface area (Å²) in [5.74, 6) is 0.215. The Morgan fingerprint density at radius 2 is 1.81 bits per heavy atom. The third kappa shape index (κ3) is 2.84. The molecule has 0 spiro atoms. The average Bonchev–Trinajstić information content (AvgIpc) is 2.89. The van der Waals surface area contributed by atoms with Crippen LogP contribution in [0.25, 0.3) is 11.4 Å². The predicted molar refractivity (Wildman–Crippen MR) is 77.7 cm³/mol. The Bertz CT molecular complexity index is 777. The number of hydrogen-bond donors (Lipinski definition) is 2. The average molecular weight is 284 g/mol. The van der Waals surface area contributed by atoms with Crippen LogP contribution in [0.15, 0.2) is 59.4 Å². The minimum absolute atomic E-state index is 0.288. The summed E-state index contributed by atoms with van der Waals surface area (Å²) in [6.45, 7) is 0.388. The van der Waals surface area contributed by atoms with E-state index in [4.69, 9.17) is 0 Å². The van der Waals surface area contributed by atoms with Crippen LogP contribution in [-0.2, 0) is 6.54 Å². The molecular weight excluding hydrogens is 271 g/mol. The lowest BCUT2D eigenvalue weighted by Crippen LogP contribution is -2.27. The Labute approximate surface area is 120 Å². The smallest absolute Gasteiger partial charge is 0.315 e. The Morgan fingerprint density at radius 1 is 1.10 bits per heavy atom. The van der Waals surface area contributed by atoms with Crippen molar-refractivity contribution in [1.82, 2.24) is 14.9 Å². The number of benzene rings is 2. The molecule has 1 heterocycles. The molecule has 6 heteroatoms. The van der Waals surface area contributed by atoms with Crippen LogP contribution < -0.4 is 11.1 Å². The van der Waals surface area contributed by atoms with Crippen molar-refractivity contribution in [3.63, 3.8) is 0 Å². The first-order valence-electron chi connectivity index (χ1n) is 6.45. The first kappa shape index (κ1) is 13.1. The monoisotopic (exact) mass is 284 g/mol. The van der Waals surface area contributed by atoms with Gasteiger partial charge in [0.1, 0.15) is 5.82 Å². The number of nitrogens with one attached hydrogen (secondary N) is 2. The van der Waals surface area contributed by atoms with Gasteiger partial charge in [0.2, 0.25) is 0 Å². The van der Waals surface area contributed by atoms with Gasteiger partial charge in [-0.05, 0) is 17.7 Å². The highest BCUT2D eigenvalue weighted by molar-refractivity contribution is 5.54. The quantitative estimate of drug-likeness (QED) is 0.771. The number of rotatable bonds is 4. The van der Waals surface area contributed by atoms with Crippen LogP contribution in [0.4, 0.5) is 4.39 Å². The molecule has 21 heavy (non-hydrogen) atoms. The highest BCUT2D eigenvalue weighted by atomic mass is 19.1. The summed E-state index contributed by atoms with van der Waals surface area (Å²) in [7, 11) is 0. The number of aromatic amines is 1. The number of aromatic nitrogens is 3. The van der Waals surface area contributed by atoms with Crippen LogP contribution in [0.5, 0.6) is 0 Å². The van der Waals surface area contributed by atoms with Crippen molar-refractivity contribution in [2.24, 2.45) is 0 Å². The lowest BCUT2D eigenvalue weighted by Gasteiger charge is -2.09. The highest BCUT2D eigenvalue weighted by Gasteiger charge is 2.09. The lowest BCUT2D eigenvalue weighted by molar-refractivity contribution is 0.627. The fraction of sp³-hybridized carbons (Fsp3) is 0.0667. The molecule has 5 nitrogen and oxygen atoms in total. The SMILES string of the molecule is O=c1[nH]nc(-c2ccccc2)n1NCc1ccc(F)cc1. The number of nitrogens with zero attached hydrogens (tertiary/aromatic N) is 2. The topological polar surface area (TPSA) is 62.7 Å². The van der Waals surface area contributed by atoms with Gasteiger partial charge in [-0.3, -0.25) is 0 Å². The van der Waals surface area contributed by atoms with Crippen LogP contribution in [0.2, 0.25) is 0 Å². The van der Waals surface area contributed by atoms with E-state index in [1.165, 1.54) is 16.8 Å². The molecule has 0 aliphatic heterocycles. The minimum Gasteiger partial charge on any atom is -0.315 e.